The maximum Gasteiger partial charge on any atom is 0.335 e. The lowest BCUT2D eigenvalue weighted by molar-refractivity contribution is -0.163. The molecule has 0 rings (SSSR count). The molecular formula is C18H34O17. The van der Waals surface area contributed by atoms with Gasteiger partial charge < -0.3 is 80.8 Å². The van der Waals surface area contributed by atoms with Gasteiger partial charge in [-0.2, -0.15) is 0 Å². The van der Waals surface area contributed by atoms with Crippen LogP contribution in [0, 0.1) is 0 Å². The predicted molar refractivity (Wildman–Crippen MR) is 109 cm³/mol. The van der Waals surface area contributed by atoms with Gasteiger partial charge in [0.15, 0.2) is 25.0 Å². The van der Waals surface area contributed by atoms with Crippen molar-refractivity contribution in [1.82, 2.24) is 0 Å². The van der Waals surface area contributed by atoms with Crippen molar-refractivity contribution < 1.29 is 85.6 Å². The van der Waals surface area contributed by atoms with Crippen molar-refractivity contribution in [3.05, 3.63) is 0 Å². The van der Waals surface area contributed by atoms with Crippen LogP contribution in [0.1, 0.15) is 13.8 Å². The molecule has 17 heteroatoms. The maximum absolute atomic E-state index is 10.1. The lowest BCUT2D eigenvalue weighted by atomic mass is 10.0. The normalized spacial score (nSPS) is 21.2. The third-order valence-corrected chi connectivity index (χ3v) is 4.08. The molecule has 35 heavy (non-hydrogen) atoms. The molecule has 208 valence electrons. The van der Waals surface area contributed by atoms with Crippen LogP contribution in [0.5, 0.6) is 0 Å². The summed E-state index contributed by atoms with van der Waals surface area (Å²) in [6, 6.07) is 0. The fourth-order valence-electron chi connectivity index (χ4n) is 1.75. The summed E-state index contributed by atoms with van der Waals surface area (Å²) in [7, 11) is 0. The molecule has 0 saturated carbocycles. The molecule has 17 nitrogen and oxygen atoms in total. The first-order valence-electron chi connectivity index (χ1n) is 9.68. The number of hydrogen-bond donors (Lipinski definition) is 13. The van der Waals surface area contributed by atoms with Gasteiger partial charge in [-0.05, 0) is 13.8 Å². The molecule has 0 fully saturated rings. The molecule has 0 aromatic heterocycles. The van der Waals surface area contributed by atoms with Crippen LogP contribution in [-0.2, 0) is 19.2 Å². The lowest BCUT2D eigenvalue weighted by Crippen LogP contribution is -2.48. The second-order valence-corrected chi connectivity index (χ2v) is 7.09. The maximum atomic E-state index is 10.1. The third kappa shape index (κ3) is 14.9. The Hall–Kier alpha value is -2.00. The molecule has 0 aromatic carbocycles. The van der Waals surface area contributed by atoms with Crippen LogP contribution < -0.4 is 0 Å². The third-order valence-electron chi connectivity index (χ3n) is 4.08. The predicted octanol–water partition coefficient (Wildman–Crippen LogP) is -7.99. The van der Waals surface area contributed by atoms with Crippen LogP contribution in [-0.4, -0.2) is 164 Å². The zero-order valence-electron chi connectivity index (χ0n) is 18.6. The molecule has 0 amide bonds. The van der Waals surface area contributed by atoms with Crippen LogP contribution in [0.4, 0.5) is 0 Å². The SMILES string of the molecule is CC(O)C(O)C(O)C(O)C=O.CC(O)C(O)C(O)C(O)C=O.O=CC(O)C(O)C(O)C(O)C(=O)O. The number of aliphatic hydroxyl groups excluding tert-OH is 12. The fourth-order valence-corrected chi connectivity index (χ4v) is 1.75. The van der Waals surface area contributed by atoms with E-state index in [9.17, 15) is 19.2 Å². The van der Waals surface area contributed by atoms with Gasteiger partial charge in [-0.1, -0.05) is 0 Å². The van der Waals surface area contributed by atoms with Gasteiger partial charge in [-0.15, -0.1) is 0 Å². The number of carbonyl (C=O) groups is 4. The number of aliphatic hydroxyl groups is 12. The molecule has 0 aromatic rings. The van der Waals surface area contributed by atoms with E-state index in [0.717, 1.165) is 0 Å². The van der Waals surface area contributed by atoms with E-state index in [1.165, 1.54) is 13.8 Å². The number of hydrogen-bond acceptors (Lipinski definition) is 16. The summed E-state index contributed by atoms with van der Waals surface area (Å²) in [5, 5.41) is 113. The Bertz CT molecular complexity index is 570. The standard InChI is InChI=1S/C6H10O7.2C6H12O5/c7-1-2(8)3(9)4(10)5(11)6(12)13;2*1-3(8)5(10)6(11)4(9)2-7/h1-5,8-11H,(H,12,13);2*2-6,8-11H,1H3. The van der Waals surface area contributed by atoms with Gasteiger partial charge in [0.25, 0.3) is 0 Å². The molecular weight excluding hydrogens is 488 g/mol. The summed E-state index contributed by atoms with van der Waals surface area (Å²) < 4.78 is 0. The van der Waals surface area contributed by atoms with Gasteiger partial charge in [-0.25, -0.2) is 4.79 Å². The summed E-state index contributed by atoms with van der Waals surface area (Å²) in [4.78, 5) is 39.7. The van der Waals surface area contributed by atoms with Crippen LogP contribution >= 0.6 is 0 Å². The van der Waals surface area contributed by atoms with Gasteiger partial charge in [-0.3, -0.25) is 0 Å². The Kier molecular flexibility index (Phi) is 20.6. The molecule has 12 atom stereocenters. The minimum atomic E-state index is -2.25. The highest BCUT2D eigenvalue weighted by molar-refractivity contribution is 5.73. The molecule has 0 saturated heterocycles. The van der Waals surface area contributed by atoms with Crippen molar-refractivity contribution in [2.75, 3.05) is 0 Å². The number of carbonyl (C=O) groups excluding carboxylic acids is 3. The highest BCUT2D eigenvalue weighted by Crippen LogP contribution is 2.04. The summed E-state index contributed by atoms with van der Waals surface area (Å²) in [5.74, 6) is -1.76. The quantitative estimate of drug-likeness (QED) is 0.0998. The zero-order valence-corrected chi connectivity index (χ0v) is 18.6. The van der Waals surface area contributed by atoms with Crippen LogP contribution in [0.3, 0.4) is 0 Å². The molecule has 0 heterocycles. The van der Waals surface area contributed by atoms with Gasteiger partial charge >= 0.3 is 5.97 Å². The topological polar surface area (TPSA) is 331 Å². The molecule has 0 bridgehead atoms. The Labute approximate surface area is 198 Å². The van der Waals surface area contributed by atoms with Crippen LogP contribution in [0.25, 0.3) is 0 Å². The van der Waals surface area contributed by atoms with E-state index in [1.807, 2.05) is 0 Å². The second kappa shape index (κ2) is 19.2. The average Bonchev–Trinajstić information content (AvgIpc) is 2.84. The number of aldehydes is 3. The minimum Gasteiger partial charge on any atom is -0.479 e. The van der Waals surface area contributed by atoms with Crippen molar-refractivity contribution >= 4 is 24.8 Å². The Balaban J connectivity index is -0.000000441. The van der Waals surface area contributed by atoms with Gasteiger partial charge in [0.1, 0.15) is 54.9 Å². The Morgan fingerprint density at radius 2 is 0.714 bits per heavy atom. The number of carboxylic acids is 1. The molecule has 0 spiro atoms. The van der Waals surface area contributed by atoms with E-state index in [2.05, 4.69) is 0 Å². The molecule has 0 radical (unpaired) electrons. The summed E-state index contributed by atoms with van der Waals surface area (Å²) in [5.41, 5.74) is 0. The minimum absolute atomic E-state index is 0.0809. The lowest BCUT2D eigenvalue weighted by Gasteiger charge is -2.21. The molecule has 0 aliphatic carbocycles. The monoisotopic (exact) mass is 522 g/mol. The van der Waals surface area contributed by atoms with E-state index >= 15 is 0 Å². The number of aliphatic carboxylic acids is 1. The fraction of sp³-hybridized carbons (Fsp3) is 0.778. The first-order chi connectivity index (χ1) is 15.9. The first-order valence-corrected chi connectivity index (χ1v) is 9.68. The average molecular weight is 522 g/mol. The van der Waals surface area contributed by atoms with E-state index in [0.29, 0.717) is 0 Å². The van der Waals surface area contributed by atoms with Crippen LogP contribution in [0.15, 0.2) is 0 Å². The van der Waals surface area contributed by atoms with E-state index in [1.54, 1.807) is 0 Å². The van der Waals surface area contributed by atoms with E-state index < -0.39 is 79.2 Å². The van der Waals surface area contributed by atoms with Crippen molar-refractivity contribution in [2.24, 2.45) is 0 Å². The summed E-state index contributed by atoms with van der Waals surface area (Å²) in [6.45, 7) is 2.48. The number of rotatable bonds is 13. The second-order valence-electron chi connectivity index (χ2n) is 7.09. The van der Waals surface area contributed by atoms with Gasteiger partial charge in [0.2, 0.25) is 0 Å². The van der Waals surface area contributed by atoms with Crippen molar-refractivity contribution in [2.45, 2.75) is 87.1 Å². The van der Waals surface area contributed by atoms with Gasteiger partial charge in [0.05, 0.1) is 12.2 Å². The van der Waals surface area contributed by atoms with Crippen molar-refractivity contribution in [3.63, 3.8) is 0 Å². The zero-order chi connectivity index (χ0) is 28.6. The van der Waals surface area contributed by atoms with E-state index in [-0.39, 0.29) is 18.9 Å². The largest absolute Gasteiger partial charge is 0.479 e. The molecule has 12 unspecified atom stereocenters. The smallest absolute Gasteiger partial charge is 0.335 e. The van der Waals surface area contributed by atoms with Crippen molar-refractivity contribution in [1.29, 1.82) is 0 Å². The molecule has 0 aliphatic heterocycles. The van der Waals surface area contributed by atoms with Crippen molar-refractivity contribution in [3.8, 4) is 0 Å². The summed E-state index contributed by atoms with van der Waals surface area (Å²) in [6.07, 6.45) is -20.1. The highest BCUT2D eigenvalue weighted by Gasteiger charge is 2.34. The highest BCUT2D eigenvalue weighted by atomic mass is 16.4. The summed E-state index contributed by atoms with van der Waals surface area (Å²) >= 11 is 0. The molecule has 0 aliphatic rings. The first kappa shape index (κ1) is 37.5. The molecule has 13 N–H and O–H groups in total. The Morgan fingerprint density at radius 1 is 0.486 bits per heavy atom. The van der Waals surface area contributed by atoms with Gasteiger partial charge in [0, 0.05) is 0 Å². The number of carboxylic acid groups (broad SMARTS) is 1. The van der Waals surface area contributed by atoms with E-state index in [4.69, 9.17) is 66.4 Å². The van der Waals surface area contributed by atoms with Crippen LogP contribution in [0.2, 0.25) is 0 Å². The Morgan fingerprint density at radius 3 is 0.886 bits per heavy atom.